The molecule has 0 radical (unpaired) electrons. The molecule has 5 heteroatoms. The van der Waals surface area contributed by atoms with Crippen LogP contribution < -0.4 is 5.73 Å². The minimum absolute atomic E-state index is 0.247. The number of sulfonamides is 1. The third kappa shape index (κ3) is 2.79. The molecular weight excluding hydrogens is 188 g/mol. The van der Waals surface area contributed by atoms with Crippen LogP contribution in [0.1, 0.15) is 6.92 Å². The summed E-state index contributed by atoms with van der Waals surface area (Å²) in [5.41, 5.74) is 5.25. The standard InChI is InChI=1S/C8H16N2O2S/c1-8-6-10(5-3-2-4-9)13(11,12)7-8/h2-3,8H,4-7,9H2,1H3/b3-2+. The third-order valence-electron chi connectivity index (χ3n) is 2.02. The van der Waals surface area contributed by atoms with Gasteiger partial charge in [0, 0.05) is 19.6 Å². The predicted octanol–water partition coefficient (Wildman–Crippen LogP) is -0.217. The lowest BCUT2D eigenvalue weighted by Crippen LogP contribution is -2.26. The van der Waals surface area contributed by atoms with Gasteiger partial charge in [-0.05, 0) is 5.92 Å². The first-order valence-corrected chi connectivity index (χ1v) is 6.00. The van der Waals surface area contributed by atoms with Crippen LogP contribution in [-0.2, 0) is 10.0 Å². The molecule has 0 bridgehead atoms. The maximum atomic E-state index is 11.4. The molecule has 0 aromatic heterocycles. The molecule has 1 aliphatic heterocycles. The summed E-state index contributed by atoms with van der Waals surface area (Å²) in [5, 5.41) is 0. The van der Waals surface area contributed by atoms with E-state index in [-0.39, 0.29) is 11.7 Å². The van der Waals surface area contributed by atoms with Gasteiger partial charge in [0.1, 0.15) is 0 Å². The van der Waals surface area contributed by atoms with E-state index in [0.29, 0.717) is 19.6 Å². The molecule has 1 unspecified atom stereocenters. The molecule has 0 aromatic rings. The van der Waals surface area contributed by atoms with Crippen LogP contribution in [-0.4, -0.2) is 38.1 Å². The summed E-state index contributed by atoms with van der Waals surface area (Å²) in [6, 6.07) is 0. The number of nitrogens with two attached hydrogens (primary N) is 1. The van der Waals surface area contributed by atoms with Crippen LogP contribution in [0.2, 0.25) is 0 Å². The molecule has 1 heterocycles. The molecule has 0 spiro atoms. The molecule has 13 heavy (non-hydrogen) atoms. The second-order valence-electron chi connectivity index (χ2n) is 3.41. The predicted molar refractivity (Wildman–Crippen MR) is 52.7 cm³/mol. The summed E-state index contributed by atoms with van der Waals surface area (Å²) in [4.78, 5) is 0. The van der Waals surface area contributed by atoms with Crippen molar-refractivity contribution >= 4 is 10.0 Å². The van der Waals surface area contributed by atoms with Crippen LogP contribution in [0, 0.1) is 5.92 Å². The van der Waals surface area contributed by atoms with Gasteiger partial charge in [0.15, 0.2) is 0 Å². The molecule has 2 N–H and O–H groups in total. The van der Waals surface area contributed by atoms with Gasteiger partial charge >= 0.3 is 0 Å². The van der Waals surface area contributed by atoms with E-state index >= 15 is 0 Å². The summed E-state index contributed by atoms with van der Waals surface area (Å²) in [7, 11) is -2.98. The van der Waals surface area contributed by atoms with Crippen molar-refractivity contribution in [3.8, 4) is 0 Å². The quantitative estimate of drug-likeness (QED) is 0.647. The third-order valence-corrected chi connectivity index (χ3v) is 4.09. The van der Waals surface area contributed by atoms with Crippen LogP contribution in [0.15, 0.2) is 12.2 Å². The highest BCUT2D eigenvalue weighted by atomic mass is 32.2. The van der Waals surface area contributed by atoms with E-state index in [1.165, 1.54) is 4.31 Å². The van der Waals surface area contributed by atoms with Crippen molar-refractivity contribution in [1.29, 1.82) is 0 Å². The fourth-order valence-corrected chi connectivity index (χ4v) is 3.29. The molecule has 0 aliphatic carbocycles. The maximum absolute atomic E-state index is 11.4. The zero-order valence-electron chi connectivity index (χ0n) is 7.81. The maximum Gasteiger partial charge on any atom is 0.214 e. The van der Waals surface area contributed by atoms with Gasteiger partial charge in [-0.3, -0.25) is 0 Å². The zero-order valence-corrected chi connectivity index (χ0v) is 8.63. The Morgan fingerprint density at radius 2 is 2.23 bits per heavy atom. The minimum Gasteiger partial charge on any atom is -0.327 e. The number of nitrogens with zero attached hydrogens (tertiary/aromatic N) is 1. The number of hydrogen-bond acceptors (Lipinski definition) is 3. The number of rotatable bonds is 3. The van der Waals surface area contributed by atoms with Gasteiger partial charge in [-0.1, -0.05) is 19.1 Å². The van der Waals surface area contributed by atoms with Gasteiger partial charge in [-0.15, -0.1) is 0 Å². The lowest BCUT2D eigenvalue weighted by Gasteiger charge is -2.10. The van der Waals surface area contributed by atoms with E-state index in [1.807, 2.05) is 6.92 Å². The molecule has 0 aromatic carbocycles. The van der Waals surface area contributed by atoms with Crippen LogP contribution in [0.25, 0.3) is 0 Å². The second kappa shape index (κ2) is 4.21. The van der Waals surface area contributed by atoms with E-state index in [1.54, 1.807) is 12.2 Å². The van der Waals surface area contributed by atoms with Crippen LogP contribution in [0.4, 0.5) is 0 Å². The molecule has 1 saturated heterocycles. The van der Waals surface area contributed by atoms with E-state index in [2.05, 4.69) is 0 Å². The monoisotopic (exact) mass is 204 g/mol. The Bertz CT molecular complexity index is 285. The Kier molecular flexibility index (Phi) is 3.47. The molecule has 0 saturated carbocycles. The van der Waals surface area contributed by atoms with Crippen molar-refractivity contribution in [3.63, 3.8) is 0 Å². The van der Waals surface area contributed by atoms with Crippen molar-refractivity contribution in [2.45, 2.75) is 6.92 Å². The fraction of sp³-hybridized carbons (Fsp3) is 0.750. The Morgan fingerprint density at radius 1 is 1.54 bits per heavy atom. The molecule has 76 valence electrons. The topological polar surface area (TPSA) is 63.4 Å². The lowest BCUT2D eigenvalue weighted by atomic mass is 10.2. The SMILES string of the molecule is CC1CN(C/C=C/CN)S(=O)(=O)C1. The molecule has 4 nitrogen and oxygen atoms in total. The Labute approximate surface area is 79.5 Å². The molecular formula is C8H16N2O2S. The summed E-state index contributed by atoms with van der Waals surface area (Å²) in [5.74, 6) is 0.528. The Balaban J connectivity index is 2.56. The summed E-state index contributed by atoms with van der Waals surface area (Å²) >= 11 is 0. The van der Waals surface area contributed by atoms with E-state index in [0.717, 1.165) is 0 Å². The fourth-order valence-electron chi connectivity index (χ4n) is 1.46. The van der Waals surface area contributed by atoms with Crippen LogP contribution in [0.5, 0.6) is 0 Å². The number of hydrogen-bond donors (Lipinski definition) is 1. The van der Waals surface area contributed by atoms with E-state index in [9.17, 15) is 8.42 Å². The molecule has 0 amide bonds. The second-order valence-corrected chi connectivity index (χ2v) is 5.42. The smallest absolute Gasteiger partial charge is 0.214 e. The van der Waals surface area contributed by atoms with E-state index < -0.39 is 10.0 Å². The first kappa shape index (κ1) is 10.7. The van der Waals surface area contributed by atoms with E-state index in [4.69, 9.17) is 5.73 Å². The lowest BCUT2D eigenvalue weighted by molar-refractivity contribution is 0.446. The first-order valence-electron chi connectivity index (χ1n) is 4.39. The molecule has 1 rings (SSSR count). The van der Waals surface area contributed by atoms with Gasteiger partial charge in [0.25, 0.3) is 0 Å². The molecule has 1 aliphatic rings. The largest absolute Gasteiger partial charge is 0.327 e. The van der Waals surface area contributed by atoms with Gasteiger partial charge in [-0.2, -0.15) is 4.31 Å². The average Bonchev–Trinajstić information content (AvgIpc) is 2.25. The van der Waals surface area contributed by atoms with Crippen LogP contribution in [0.3, 0.4) is 0 Å². The zero-order chi connectivity index (χ0) is 9.90. The highest BCUT2D eigenvalue weighted by Crippen LogP contribution is 2.18. The van der Waals surface area contributed by atoms with Crippen molar-refractivity contribution in [2.75, 3.05) is 25.4 Å². The first-order chi connectivity index (χ1) is 6.06. The summed E-state index contributed by atoms with van der Waals surface area (Å²) in [6.45, 7) is 3.51. The summed E-state index contributed by atoms with van der Waals surface area (Å²) in [6.07, 6.45) is 3.58. The van der Waals surface area contributed by atoms with Crippen molar-refractivity contribution in [3.05, 3.63) is 12.2 Å². The van der Waals surface area contributed by atoms with Crippen molar-refractivity contribution in [1.82, 2.24) is 4.31 Å². The highest BCUT2D eigenvalue weighted by Gasteiger charge is 2.32. The Morgan fingerprint density at radius 3 is 2.69 bits per heavy atom. The van der Waals surface area contributed by atoms with Gasteiger partial charge < -0.3 is 5.73 Å². The normalized spacial score (nSPS) is 28.6. The Hall–Kier alpha value is -0.390. The minimum atomic E-state index is -2.98. The van der Waals surface area contributed by atoms with Gasteiger partial charge in [0.05, 0.1) is 5.75 Å². The average molecular weight is 204 g/mol. The van der Waals surface area contributed by atoms with Crippen LogP contribution >= 0.6 is 0 Å². The molecule has 1 fully saturated rings. The van der Waals surface area contributed by atoms with Crippen molar-refractivity contribution < 1.29 is 8.42 Å². The summed E-state index contributed by atoms with van der Waals surface area (Å²) < 4.78 is 24.4. The van der Waals surface area contributed by atoms with Gasteiger partial charge in [0.2, 0.25) is 10.0 Å². The van der Waals surface area contributed by atoms with Crippen molar-refractivity contribution in [2.24, 2.45) is 11.7 Å². The molecule has 1 atom stereocenters. The van der Waals surface area contributed by atoms with Gasteiger partial charge in [-0.25, -0.2) is 8.42 Å². The highest BCUT2D eigenvalue weighted by molar-refractivity contribution is 7.89.